The molecule has 9 nitrogen and oxygen atoms in total. The highest BCUT2D eigenvalue weighted by Crippen LogP contribution is 2.16. The third-order valence-corrected chi connectivity index (χ3v) is 3.76. The van der Waals surface area contributed by atoms with Gasteiger partial charge in [0.25, 0.3) is 5.09 Å². The molecular formula is C14H23N5O4. The van der Waals surface area contributed by atoms with Gasteiger partial charge in [-0.1, -0.05) is 0 Å². The van der Waals surface area contributed by atoms with Crippen LogP contribution in [0.4, 0.5) is 5.82 Å². The summed E-state index contributed by atoms with van der Waals surface area (Å²) in [7, 11) is 0. The maximum absolute atomic E-state index is 10.0. The molecule has 1 N–H and O–H groups in total. The molecule has 0 aliphatic carbocycles. The SMILES string of the molecule is Cc1nc(N2CCCCC2)cc(=NCCCCO[N+](=O)[O-])n1O. The second-order valence-corrected chi connectivity index (χ2v) is 5.52. The van der Waals surface area contributed by atoms with Gasteiger partial charge in [0.05, 0.1) is 6.61 Å². The molecule has 0 atom stereocenters. The van der Waals surface area contributed by atoms with Crippen molar-refractivity contribution >= 4 is 5.82 Å². The molecule has 1 saturated heterocycles. The molecule has 0 spiro atoms. The van der Waals surface area contributed by atoms with Crippen LogP contribution < -0.4 is 10.4 Å². The van der Waals surface area contributed by atoms with Crippen molar-refractivity contribution in [2.24, 2.45) is 4.99 Å². The maximum atomic E-state index is 10.0. The summed E-state index contributed by atoms with van der Waals surface area (Å²) in [5.74, 6) is 1.33. The molecule has 0 aromatic carbocycles. The second kappa shape index (κ2) is 8.35. The molecular weight excluding hydrogens is 302 g/mol. The van der Waals surface area contributed by atoms with E-state index in [1.165, 1.54) is 6.42 Å². The van der Waals surface area contributed by atoms with Crippen LogP contribution in [0, 0.1) is 17.0 Å². The zero-order chi connectivity index (χ0) is 16.7. The fourth-order valence-corrected chi connectivity index (χ4v) is 2.53. The summed E-state index contributed by atoms with van der Waals surface area (Å²) in [5.41, 5.74) is 0.452. The molecule has 0 bridgehead atoms. The minimum Gasteiger partial charge on any atom is -0.425 e. The fourth-order valence-electron chi connectivity index (χ4n) is 2.53. The molecule has 0 radical (unpaired) electrons. The van der Waals surface area contributed by atoms with E-state index < -0.39 is 5.09 Å². The smallest absolute Gasteiger partial charge is 0.294 e. The average molecular weight is 325 g/mol. The van der Waals surface area contributed by atoms with Gasteiger partial charge in [0.1, 0.15) is 11.6 Å². The molecule has 0 saturated carbocycles. The lowest BCUT2D eigenvalue weighted by atomic mass is 10.1. The fraction of sp³-hybridized carbons (Fsp3) is 0.714. The van der Waals surface area contributed by atoms with Gasteiger partial charge in [0, 0.05) is 25.7 Å². The molecule has 1 fully saturated rings. The van der Waals surface area contributed by atoms with Crippen LogP contribution in [0.15, 0.2) is 11.1 Å². The number of nitrogens with zero attached hydrogens (tertiary/aromatic N) is 5. The number of aryl methyl sites for hydroxylation is 1. The molecule has 23 heavy (non-hydrogen) atoms. The molecule has 1 aromatic rings. The lowest BCUT2D eigenvalue weighted by Gasteiger charge is -2.28. The molecule has 1 aliphatic rings. The Bertz CT molecular complexity index is 595. The molecule has 128 valence electrons. The van der Waals surface area contributed by atoms with Crippen LogP contribution in [0.3, 0.4) is 0 Å². The summed E-state index contributed by atoms with van der Waals surface area (Å²) in [4.78, 5) is 25.3. The summed E-state index contributed by atoms with van der Waals surface area (Å²) in [6, 6.07) is 1.78. The average Bonchev–Trinajstić information content (AvgIpc) is 2.54. The summed E-state index contributed by atoms with van der Waals surface area (Å²) in [5, 5.41) is 19.3. The van der Waals surface area contributed by atoms with Crippen molar-refractivity contribution in [1.82, 2.24) is 9.71 Å². The number of piperidine rings is 1. The number of unbranched alkanes of at least 4 members (excludes halogenated alkanes) is 1. The van der Waals surface area contributed by atoms with E-state index in [0.717, 1.165) is 36.5 Å². The van der Waals surface area contributed by atoms with E-state index >= 15 is 0 Å². The zero-order valence-corrected chi connectivity index (χ0v) is 13.3. The first-order chi connectivity index (χ1) is 11.1. The summed E-state index contributed by atoms with van der Waals surface area (Å²) < 4.78 is 0.973. The van der Waals surface area contributed by atoms with E-state index in [1.807, 2.05) is 0 Å². The Balaban J connectivity index is 2.00. The standard InChI is InChI=1S/C14H23N5O4/c1-12-16-14(17-8-4-2-5-9-17)11-13(18(12)20)15-7-3-6-10-23-19(21)22/h11,20H,2-10H2,1H3. The molecule has 2 heterocycles. The minimum atomic E-state index is -0.796. The van der Waals surface area contributed by atoms with Crippen LogP contribution in [0.1, 0.15) is 37.9 Å². The van der Waals surface area contributed by atoms with E-state index in [4.69, 9.17) is 0 Å². The summed E-state index contributed by atoms with van der Waals surface area (Å²) in [6.45, 7) is 4.21. The number of rotatable bonds is 7. The van der Waals surface area contributed by atoms with Crippen molar-refractivity contribution < 1.29 is 15.1 Å². The van der Waals surface area contributed by atoms with Crippen molar-refractivity contribution in [3.05, 3.63) is 27.5 Å². The highest BCUT2D eigenvalue weighted by Gasteiger charge is 2.13. The Morgan fingerprint density at radius 1 is 1.39 bits per heavy atom. The van der Waals surface area contributed by atoms with Crippen molar-refractivity contribution in [1.29, 1.82) is 0 Å². The van der Waals surface area contributed by atoms with Crippen LogP contribution >= 0.6 is 0 Å². The van der Waals surface area contributed by atoms with Gasteiger partial charge in [-0.15, -0.1) is 10.1 Å². The highest BCUT2D eigenvalue weighted by atomic mass is 16.9. The second-order valence-electron chi connectivity index (χ2n) is 5.52. The third-order valence-electron chi connectivity index (χ3n) is 3.76. The minimum absolute atomic E-state index is 0.0655. The molecule has 1 aromatic heterocycles. The molecule has 0 unspecified atom stereocenters. The van der Waals surface area contributed by atoms with Crippen LogP contribution in [-0.2, 0) is 4.84 Å². The van der Waals surface area contributed by atoms with Gasteiger partial charge in [-0.2, -0.15) is 4.73 Å². The van der Waals surface area contributed by atoms with E-state index in [1.54, 1.807) is 13.0 Å². The topological polar surface area (TPSA) is 106 Å². The van der Waals surface area contributed by atoms with Gasteiger partial charge >= 0.3 is 0 Å². The van der Waals surface area contributed by atoms with Crippen molar-refractivity contribution in [2.45, 2.75) is 39.0 Å². The third kappa shape index (κ3) is 5.11. The first-order valence-corrected chi connectivity index (χ1v) is 7.90. The van der Waals surface area contributed by atoms with E-state index in [-0.39, 0.29) is 6.61 Å². The maximum Gasteiger partial charge on any atom is 0.294 e. The van der Waals surface area contributed by atoms with Crippen LogP contribution in [0.5, 0.6) is 0 Å². The Labute approximate surface area is 134 Å². The van der Waals surface area contributed by atoms with Crippen LogP contribution in [0.25, 0.3) is 0 Å². The van der Waals surface area contributed by atoms with Gasteiger partial charge in [0.15, 0.2) is 5.49 Å². The van der Waals surface area contributed by atoms with Gasteiger partial charge in [0.2, 0.25) is 0 Å². The predicted octanol–water partition coefficient (Wildman–Crippen LogP) is 1.31. The Morgan fingerprint density at radius 3 is 2.83 bits per heavy atom. The number of anilines is 1. The van der Waals surface area contributed by atoms with Crippen molar-refractivity contribution in [2.75, 3.05) is 31.1 Å². The molecule has 1 aliphatic heterocycles. The molecule has 2 rings (SSSR count). The lowest BCUT2D eigenvalue weighted by molar-refractivity contribution is -0.757. The van der Waals surface area contributed by atoms with Crippen molar-refractivity contribution in [3.8, 4) is 0 Å². The normalized spacial score (nSPS) is 15.7. The monoisotopic (exact) mass is 325 g/mol. The van der Waals surface area contributed by atoms with Crippen LogP contribution in [0.2, 0.25) is 0 Å². The number of aromatic nitrogens is 2. The van der Waals surface area contributed by atoms with Gasteiger partial charge < -0.3 is 14.9 Å². The predicted molar refractivity (Wildman–Crippen MR) is 82.8 cm³/mol. The summed E-state index contributed by atoms with van der Waals surface area (Å²) in [6.07, 6.45) is 4.73. The summed E-state index contributed by atoms with van der Waals surface area (Å²) >= 11 is 0. The molecule has 0 amide bonds. The Morgan fingerprint density at radius 2 is 2.13 bits per heavy atom. The van der Waals surface area contributed by atoms with Gasteiger partial charge in [-0.05, 0) is 39.0 Å². The van der Waals surface area contributed by atoms with E-state index in [9.17, 15) is 15.3 Å². The van der Waals surface area contributed by atoms with Crippen molar-refractivity contribution in [3.63, 3.8) is 0 Å². The van der Waals surface area contributed by atoms with E-state index in [2.05, 4.69) is 19.7 Å². The number of hydrogen-bond donors (Lipinski definition) is 1. The quantitative estimate of drug-likeness (QED) is 0.351. The number of hydrogen-bond acceptors (Lipinski definition) is 7. The Kier molecular flexibility index (Phi) is 6.19. The first kappa shape index (κ1) is 17.0. The first-order valence-electron chi connectivity index (χ1n) is 7.90. The molecule has 9 heteroatoms. The lowest BCUT2D eigenvalue weighted by Crippen LogP contribution is -2.33. The van der Waals surface area contributed by atoms with Gasteiger partial charge in [-0.25, -0.2) is 4.98 Å². The highest BCUT2D eigenvalue weighted by molar-refractivity contribution is 5.37. The van der Waals surface area contributed by atoms with Crippen LogP contribution in [-0.4, -0.2) is 46.2 Å². The van der Waals surface area contributed by atoms with E-state index in [0.29, 0.717) is 30.7 Å². The largest absolute Gasteiger partial charge is 0.425 e. The van der Waals surface area contributed by atoms with Gasteiger partial charge in [-0.3, -0.25) is 4.99 Å². The zero-order valence-electron chi connectivity index (χ0n) is 13.3. The Hall–Kier alpha value is -2.32.